The molecule has 0 unspecified atom stereocenters. The Hall–Kier alpha value is -10.6. The fourth-order valence-corrected chi connectivity index (χ4v) is 15.6. The second kappa shape index (κ2) is 25.9. The molecule has 0 fully saturated rings. The van der Waals surface area contributed by atoms with Crippen molar-refractivity contribution in [3.63, 3.8) is 0 Å². The first-order chi connectivity index (χ1) is 48.4. The van der Waals surface area contributed by atoms with Gasteiger partial charge in [-0.3, -0.25) is 15.0 Å². The average molecular weight is 1330 g/mol. The maximum Gasteiger partial charge on any atom is 0.143 e. The first kappa shape index (κ1) is 64.1. The highest BCUT2D eigenvalue weighted by atomic mass is 32.1. The molecule has 0 radical (unpaired) electrons. The number of ether oxygens (including phenoxy) is 1. The van der Waals surface area contributed by atoms with Gasteiger partial charge < -0.3 is 24.1 Å². The average Bonchev–Trinajstić information content (AvgIpc) is 1.22. The number of nitrogens with zero attached hydrogens (tertiary/aromatic N) is 6. The van der Waals surface area contributed by atoms with Crippen molar-refractivity contribution < 1.29 is 9.15 Å². The highest BCUT2D eigenvalue weighted by Crippen LogP contribution is 2.46. The summed E-state index contributed by atoms with van der Waals surface area (Å²) in [6.07, 6.45) is 14.7. The summed E-state index contributed by atoms with van der Waals surface area (Å²) in [4.78, 5) is 37.9. The predicted molar refractivity (Wildman–Crippen MR) is 421 cm³/mol. The van der Waals surface area contributed by atoms with Gasteiger partial charge in [-0.25, -0.2) is 15.0 Å². The summed E-state index contributed by atoms with van der Waals surface area (Å²) in [7, 11) is 0. The number of aliphatic imine (C=N–C) groups is 3. The van der Waals surface area contributed by atoms with Crippen LogP contribution in [0, 0.1) is 17.8 Å². The Kier molecular flexibility index (Phi) is 16.6. The predicted octanol–water partition coefficient (Wildman–Crippen LogP) is 24.4. The van der Waals surface area contributed by atoms with Crippen molar-refractivity contribution in [3.8, 4) is 50.6 Å². The molecular formula is C88H83N9O2S. The molecule has 14 aromatic rings. The second-order valence-corrected chi connectivity index (χ2v) is 30.3. The molecule has 4 aliphatic heterocycles. The summed E-state index contributed by atoms with van der Waals surface area (Å²) in [6.45, 7) is 26.7. The van der Waals surface area contributed by atoms with Crippen molar-refractivity contribution in [1.82, 2.24) is 29.9 Å². The summed E-state index contributed by atoms with van der Waals surface area (Å²) in [5.74, 6) is 6.63. The lowest BCUT2D eigenvalue weighted by molar-refractivity contribution is 0.304. The van der Waals surface area contributed by atoms with Crippen LogP contribution in [0.3, 0.4) is 0 Å². The lowest BCUT2D eigenvalue weighted by atomic mass is 9.90. The minimum Gasteiger partial charge on any atom is -0.488 e. The molecule has 3 N–H and O–H groups in total. The molecule has 0 atom stereocenters. The van der Waals surface area contributed by atoms with Crippen molar-refractivity contribution >= 4 is 120 Å². The van der Waals surface area contributed by atoms with Crippen LogP contribution in [0.1, 0.15) is 160 Å². The summed E-state index contributed by atoms with van der Waals surface area (Å²) in [5.41, 5.74) is 23.5. The van der Waals surface area contributed by atoms with Gasteiger partial charge in [-0.05, 0) is 138 Å². The molecule has 0 aliphatic carbocycles. The molecule has 9 heterocycles. The third kappa shape index (κ3) is 12.0. The van der Waals surface area contributed by atoms with Crippen LogP contribution in [0.4, 0.5) is 0 Å². The van der Waals surface area contributed by atoms with Crippen molar-refractivity contribution in [2.45, 2.75) is 127 Å². The Morgan fingerprint density at radius 2 is 0.790 bits per heavy atom. The van der Waals surface area contributed by atoms with E-state index >= 15 is 0 Å². The number of rotatable bonds is 12. The van der Waals surface area contributed by atoms with Gasteiger partial charge in [0.2, 0.25) is 0 Å². The van der Waals surface area contributed by atoms with Gasteiger partial charge in [0.05, 0.1) is 35.7 Å². The molecule has 5 aromatic heterocycles. The highest BCUT2D eigenvalue weighted by Gasteiger charge is 2.25. The van der Waals surface area contributed by atoms with Gasteiger partial charge in [0.25, 0.3) is 0 Å². The van der Waals surface area contributed by atoms with E-state index in [1.165, 1.54) is 109 Å². The van der Waals surface area contributed by atoms with Crippen LogP contribution in [0.5, 0.6) is 5.75 Å². The topological polar surface area (TPSA) is 145 Å². The van der Waals surface area contributed by atoms with E-state index in [0.29, 0.717) is 42.1 Å². The molecule has 12 heteroatoms. The van der Waals surface area contributed by atoms with Crippen LogP contribution in [-0.2, 0) is 6.61 Å². The lowest BCUT2D eigenvalue weighted by Crippen LogP contribution is -2.07. The van der Waals surface area contributed by atoms with Gasteiger partial charge in [-0.2, -0.15) is 0 Å². The van der Waals surface area contributed by atoms with Gasteiger partial charge in [0.15, 0.2) is 0 Å². The van der Waals surface area contributed by atoms with Crippen molar-refractivity contribution in [2.75, 3.05) is 0 Å². The van der Waals surface area contributed by atoms with Crippen molar-refractivity contribution in [3.05, 3.63) is 223 Å². The molecule has 18 rings (SSSR count). The molecule has 100 heavy (non-hydrogen) atoms. The molecule has 0 amide bonds. The fraction of sp³-hybridized carbons (Fsp3) is 0.250. The van der Waals surface area contributed by atoms with Crippen LogP contribution in [0.25, 0.3) is 136 Å². The number of imidazole rings is 3. The minimum atomic E-state index is 0.378. The van der Waals surface area contributed by atoms with Gasteiger partial charge in [-0.15, -0.1) is 11.3 Å². The summed E-state index contributed by atoms with van der Waals surface area (Å²) < 4.78 is 15.4. The van der Waals surface area contributed by atoms with Crippen LogP contribution >= 0.6 is 11.3 Å². The van der Waals surface area contributed by atoms with E-state index in [1.54, 1.807) is 0 Å². The number of hydrogen-bond donors (Lipinski definition) is 3. The zero-order valence-electron chi connectivity index (χ0n) is 59.0. The number of nitrogens with one attached hydrogen (secondary N) is 3. The number of thiophene rings is 1. The molecule has 9 aromatic carbocycles. The number of aromatic nitrogens is 6. The highest BCUT2D eigenvalue weighted by molar-refractivity contribution is 7.26. The monoisotopic (exact) mass is 1330 g/mol. The van der Waals surface area contributed by atoms with E-state index in [4.69, 9.17) is 9.15 Å². The van der Waals surface area contributed by atoms with Gasteiger partial charge in [-0.1, -0.05) is 174 Å². The zero-order chi connectivity index (χ0) is 68.8. The van der Waals surface area contributed by atoms with E-state index in [0.717, 1.165) is 109 Å². The molecule has 498 valence electrons. The normalized spacial score (nSPS) is 14.4. The summed E-state index contributed by atoms with van der Waals surface area (Å²) >= 11 is 1.90. The lowest BCUT2D eigenvalue weighted by Gasteiger charge is -2.23. The van der Waals surface area contributed by atoms with Crippen molar-refractivity contribution in [1.29, 1.82) is 0 Å². The molecule has 11 nitrogen and oxygen atoms in total. The zero-order valence-corrected chi connectivity index (χ0v) is 59.8. The molecule has 0 bridgehead atoms. The Morgan fingerprint density at radius 3 is 1.31 bits per heavy atom. The van der Waals surface area contributed by atoms with Crippen LogP contribution in [0.15, 0.2) is 202 Å². The first-order valence-electron chi connectivity index (χ1n) is 35.5. The standard InChI is InChI=1S/C30H29N3O.C29H27N3O.C29H27N3S/c1-17(2)27-12-22(14-31-27)19-5-10-25-24-9-6-20-11-21(28-15-32-30(33-28)18(3)4)7-8-23(20)26(24)16-34-29(25)13-19;2*1-16(2)25-12-21(14-30-25)18-5-9-23-24-10-6-19-11-20(26-15-31-29(32-26)17(3)4)7-8-22(19)28(24)33-27(23)13-18/h5-11,13-15,17-18H,12,16H2,1-4H3,(H,32,33);2*5-11,13-17H,12H2,1-4H3,(H,31,32). The molecule has 0 saturated heterocycles. The van der Waals surface area contributed by atoms with Crippen LogP contribution in [-0.4, -0.2) is 47.0 Å². The number of allylic oxidation sites excluding steroid dienone is 3. The second-order valence-electron chi connectivity index (χ2n) is 29.2. The van der Waals surface area contributed by atoms with Crippen molar-refractivity contribution in [2.24, 2.45) is 32.7 Å². The Bertz CT molecular complexity index is 5560. The smallest absolute Gasteiger partial charge is 0.143 e. The van der Waals surface area contributed by atoms with Crippen LogP contribution in [0.2, 0.25) is 0 Å². The maximum absolute atomic E-state index is 6.44. The van der Waals surface area contributed by atoms with E-state index < -0.39 is 0 Å². The fourth-order valence-electron chi connectivity index (χ4n) is 14.3. The SMILES string of the molecule is CC(C)C1=NC=C(c2ccc3c(c2)OCc2c-3ccc3cc(-c4cnc(C(C)C)[nH]4)ccc23)C1.CC(C)C1=NC=C(c2ccc3c(c2)oc2c4ccc(-c5cnc(C(C)C)[nH]5)cc4ccc32)C1.CC(C)C1=NC=C(c2ccc3c(c2)sc2c4ccc(-c5cnc(C(C)C)[nH]5)cc4ccc32)C1. The quantitative estimate of drug-likeness (QED) is 0.112. The largest absolute Gasteiger partial charge is 0.488 e. The number of benzene rings is 9. The summed E-state index contributed by atoms with van der Waals surface area (Å²) in [6, 6.07) is 53.3. The first-order valence-corrected chi connectivity index (χ1v) is 36.3. The summed E-state index contributed by atoms with van der Waals surface area (Å²) in [5, 5.41) is 12.3. The maximum atomic E-state index is 6.44. The van der Waals surface area contributed by atoms with E-state index in [9.17, 15) is 0 Å². The molecular weight excluding hydrogens is 1250 g/mol. The molecule has 0 saturated carbocycles. The van der Waals surface area contributed by atoms with E-state index in [1.807, 2.05) is 42.3 Å². The van der Waals surface area contributed by atoms with Gasteiger partial charge in [0, 0.05) is 137 Å². The number of furan rings is 1. The third-order valence-electron chi connectivity index (χ3n) is 20.4. The molecule has 4 aliphatic rings. The van der Waals surface area contributed by atoms with Crippen LogP contribution < -0.4 is 4.74 Å². The van der Waals surface area contributed by atoms with Gasteiger partial charge >= 0.3 is 0 Å². The number of H-pyrrole nitrogens is 3. The third-order valence-corrected chi connectivity index (χ3v) is 21.6. The Labute approximate surface area is 587 Å². The number of hydrogen-bond acceptors (Lipinski definition) is 9. The van der Waals surface area contributed by atoms with E-state index in [2.05, 4.69) is 280 Å². The number of aromatic amines is 3. The van der Waals surface area contributed by atoms with E-state index in [-0.39, 0.29) is 0 Å². The number of fused-ring (bicyclic) bond motifs is 15. The molecule has 0 spiro atoms. The Balaban J connectivity index is 0.000000117. The minimum absolute atomic E-state index is 0.378. The Morgan fingerprint density at radius 1 is 0.370 bits per heavy atom. The van der Waals surface area contributed by atoms with Gasteiger partial charge in [0.1, 0.15) is 41.0 Å².